The highest BCUT2D eigenvalue weighted by molar-refractivity contribution is 6.19. The van der Waals surface area contributed by atoms with Crippen LogP contribution in [0.1, 0.15) is 5.56 Å². The van der Waals surface area contributed by atoms with Crippen molar-refractivity contribution in [3.8, 4) is 5.75 Å². The second kappa shape index (κ2) is 5.51. The topological polar surface area (TPSA) is 52.4 Å². The van der Waals surface area contributed by atoms with E-state index >= 15 is 0 Å². The Balaban J connectivity index is 2.87. The average molecular weight is 242 g/mol. The second-order valence-electron chi connectivity index (χ2n) is 3.40. The van der Waals surface area contributed by atoms with Gasteiger partial charge in [0.15, 0.2) is 5.75 Å². The van der Waals surface area contributed by atoms with Crippen LogP contribution in [0, 0.1) is 17.0 Å². The van der Waals surface area contributed by atoms with E-state index < -0.39 is 4.92 Å². The number of rotatable bonds is 5. The van der Waals surface area contributed by atoms with Crippen molar-refractivity contribution >= 4 is 17.3 Å². The molecule has 4 nitrogen and oxygen atoms in total. The van der Waals surface area contributed by atoms with Gasteiger partial charge in [-0.05, 0) is 24.1 Å². The summed E-state index contributed by atoms with van der Waals surface area (Å²) in [6.07, 6.45) is 0. The van der Waals surface area contributed by atoms with Crippen molar-refractivity contribution in [1.82, 2.24) is 0 Å². The fourth-order valence-corrected chi connectivity index (χ4v) is 1.19. The molecule has 0 saturated heterocycles. The summed E-state index contributed by atoms with van der Waals surface area (Å²) in [5.74, 6) is 0.515. The molecule has 0 amide bonds. The largest absolute Gasteiger partial charge is 0.482 e. The quantitative estimate of drug-likeness (QED) is 0.345. The van der Waals surface area contributed by atoms with Crippen LogP contribution in [-0.2, 0) is 0 Å². The van der Waals surface area contributed by atoms with Crippen molar-refractivity contribution in [2.24, 2.45) is 0 Å². The highest BCUT2D eigenvalue weighted by atomic mass is 35.5. The molecule has 0 heterocycles. The van der Waals surface area contributed by atoms with Gasteiger partial charge in [0.2, 0.25) is 0 Å². The van der Waals surface area contributed by atoms with Crippen molar-refractivity contribution in [1.29, 1.82) is 0 Å². The minimum atomic E-state index is -0.466. The maximum Gasteiger partial charge on any atom is 0.311 e. The van der Waals surface area contributed by atoms with E-state index in [9.17, 15) is 10.1 Å². The van der Waals surface area contributed by atoms with Crippen molar-refractivity contribution in [3.63, 3.8) is 0 Å². The van der Waals surface area contributed by atoms with Gasteiger partial charge in [-0.3, -0.25) is 10.1 Å². The van der Waals surface area contributed by atoms with Crippen LogP contribution in [0.3, 0.4) is 0 Å². The summed E-state index contributed by atoms with van der Waals surface area (Å²) >= 11 is 5.53. The van der Waals surface area contributed by atoms with E-state index in [1.807, 2.05) is 0 Å². The molecule has 0 aliphatic heterocycles. The maximum atomic E-state index is 10.8. The molecule has 86 valence electrons. The van der Waals surface area contributed by atoms with Crippen molar-refractivity contribution < 1.29 is 9.66 Å². The Morgan fingerprint density at radius 2 is 2.31 bits per heavy atom. The Labute approximate surface area is 98.6 Å². The molecule has 1 rings (SSSR count). The Kier molecular flexibility index (Phi) is 4.31. The van der Waals surface area contributed by atoms with Gasteiger partial charge in [-0.15, -0.1) is 11.6 Å². The molecule has 0 atom stereocenters. The molecule has 0 aromatic heterocycles. The van der Waals surface area contributed by atoms with E-state index in [-0.39, 0.29) is 23.9 Å². The van der Waals surface area contributed by atoms with E-state index in [1.54, 1.807) is 19.1 Å². The third-order valence-corrected chi connectivity index (χ3v) is 2.31. The lowest BCUT2D eigenvalue weighted by Crippen LogP contribution is -2.03. The first-order valence-corrected chi connectivity index (χ1v) is 5.18. The van der Waals surface area contributed by atoms with Crippen LogP contribution in [0.15, 0.2) is 30.4 Å². The molecule has 0 fully saturated rings. The molecular weight excluding hydrogens is 230 g/mol. The lowest BCUT2D eigenvalue weighted by molar-refractivity contribution is -0.385. The smallest absolute Gasteiger partial charge is 0.311 e. The zero-order chi connectivity index (χ0) is 12.1. The summed E-state index contributed by atoms with van der Waals surface area (Å²) < 4.78 is 5.28. The third kappa shape index (κ3) is 3.24. The predicted molar refractivity (Wildman–Crippen MR) is 63.2 cm³/mol. The number of nitro benzene ring substituents is 1. The SMILES string of the molecule is C=C(CCl)COc1ccc(C)cc1[N+](=O)[O-]. The first kappa shape index (κ1) is 12.5. The molecule has 1 aromatic carbocycles. The molecule has 0 unspecified atom stereocenters. The molecule has 0 radical (unpaired) electrons. The average Bonchev–Trinajstić information content (AvgIpc) is 2.26. The highest BCUT2D eigenvalue weighted by Crippen LogP contribution is 2.27. The lowest BCUT2D eigenvalue weighted by Gasteiger charge is -2.07. The summed E-state index contributed by atoms with van der Waals surface area (Å²) in [6.45, 7) is 5.63. The van der Waals surface area contributed by atoms with Gasteiger partial charge in [0.1, 0.15) is 6.61 Å². The van der Waals surface area contributed by atoms with E-state index in [4.69, 9.17) is 16.3 Å². The van der Waals surface area contributed by atoms with Gasteiger partial charge >= 0.3 is 5.69 Å². The van der Waals surface area contributed by atoms with Crippen molar-refractivity contribution in [2.45, 2.75) is 6.92 Å². The van der Waals surface area contributed by atoms with E-state index in [2.05, 4.69) is 6.58 Å². The monoisotopic (exact) mass is 241 g/mol. The van der Waals surface area contributed by atoms with Gasteiger partial charge in [-0.2, -0.15) is 0 Å². The van der Waals surface area contributed by atoms with Gasteiger partial charge in [0.25, 0.3) is 0 Å². The lowest BCUT2D eigenvalue weighted by atomic mass is 10.2. The normalized spacial score (nSPS) is 9.88. The molecule has 0 aliphatic carbocycles. The molecule has 0 aliphatic rings. The number of ether oxygens (including phenoxy) is 1. The number of nitrogens with zero attached hydrogens (tertiary/aromatic N) is 1. The molecule has 1 aromatic rings. The number of hydrogen-bond acceptors (Lipinski definition) is 3. The van der Waals surface area contributed by atoms with Crippen molar-refractivity contribution in [3.05, 3.63) is 46.0 Å². The zero-order valence-electron chi connectivity index (χ0n) is 8.90. The van der Waals surface area contributed by atoms with E-state index in [0.717, 1.165) is 5.56 Å². The fourth-order valence-electron chi connectivity index (χ4n) is 1.11. The first-order valence-electron chi connectivity index (χ1n) is 4.65. The maximum absolute atomic E-state index is 10.8. The standard InChI is InChI=1S/C11H12ClNO3/c1-8-3-4-11(10(5-8)13(14)15)16-7-9(2)6-12/h3-5H,2,6-7H2,1H3. The zero-order valence-corrected chi connectivity index (χ0v) is 9.66. The summed E-state index contributed by atoms with van der Waals surface area (Å²) in [5.41, 5.74) is 1.45. The van der Waals surface area contributed by atoms with E-state index in [0.29, 0.717) is 5.57 Å². The number of halogens is 1. The predicted octanol–water partition coefficient (Wildman–Crippen LogP) is 3.08. The van der Waals surface area contributed by atoms with Crippen LogP contribution in [0.25, 0.3) is 0 Å². The van der Waals surface area contributed by atoms with Crippen LogP contribution in [0.5, 0.6) is 5.75 Å². The highest BCUT2D eigenvalue weighted by Gasteiger charge is 2.14. The third-order valence-electron chi connectivity index (χ3n) is 1.93. The number of alkyl halides is 1. The minimum absolute atomic E-state index is 0.0395. The summed E-state index contributed by atoms with van der Waals surface area (Å²) in [4.78, 5) is 10.3. The Hall–Kier alpha value is -1.55. The van der Waals surface area contributed by atoms with Crippen molar-refractivity contribution in [2.75, 3.05) is 12.5 Å². The van der Waals surface area contributed by atoms with Crippen LogP contribution >= 0.6 is 11.6 Å². The first-order chi connectivity index (χ1) is 7.54. The molecule has 16 heavy (non-hydrogen) atoms. The summed E-state index contributed by atoms with van der Waals surface area (Å²) in [6, 6.07) is 4.81. The van der Waals surface area contributed by atoms with Crippen LogP contribution < -0.4 is 4.74 Å². The van der Waals surface area contributed by atoms with Gasteiger partial charge in [-0.1, -0.05) is 12.6 Å². The van der Waals surface area contributed by atoms with Crippen LogP contribution in [0.2, 0.25) is 0 Å². The number of aryl methyl sites for hydroxylation is 1. The molecular formula is C11H12ClNO3. The molecule has 0 bridgehead atoms. The van der Waals surface area contributed by atoms with E-state index in [1.165, 1.54) is 6.07 Å². The van der Waals surface area contributed by atoms with Gasteiger partial charge < -0.3 is 4.74 Å². The Morgan fingerprint density at radius 3 is 2.88 bits per heavy atom. The molecule has 5 heteroatoms. The molecule has 0 saturated carbocycles. The minimum Gasteiger partial charge on any atom is -0.482 e. The molecule has 0 spiro atoms. The van der Waals surface area contributed by atoms with Crippen LogP contribution in [-0.4, -0.2) is 17.4 Å². The van der Waals surface area contributed by atoms with Crippen LogP contribution in [0.4, 0.5) is 5.69 Å². The fraction of sp³-hybridized carbons (Fsp3) is 0.273. The summed E-state index contributed by atoms with van der Waals surface area (Å²) in [7, 11) is 0. The van der Waals surface area contributed by atoms with Gasteiger partial charge in [0.05, 0.1) is 4.92 Å². The Morgan fingerprint density at radius 1 is 1.62 bits per heavy atom. The molecule has 0 N–H and O–H groups in total. The summed E-state index contributed by atoms with van der Waals surface area (Å²) in [5, 5.41) is 10.8. The second-order valence-corrected chi connectivity index (χ2v) is 3.67. The number of hydrogen-bond donors (Lipinski definition) is 0. The number of benzene rings is 1. The van der Waals surface area contributed by atoms with Gasteiger partial charge in [-0.25, -0.2) is 0 Å². The Bertz CT molecular complexity index is 418. The van der Waals surface area contributed by atoms with Gasteiger partial charge in [0, 0.05) is 11.9 Å². The number of nitro groups is 1.